The summed E-state index contributed by atoms with van der Waals surface area (Å²) in [7, 11) is -3.82. The first-order chi connectivity index (χ1) is 9.31. The summed E-state index contributed by atoms with van der Waals surface area (Å²) in [5.41, 5.74) is 6.03. The number of benzene rings is 2. The average Bonchev–Trinajstić information content (AvgIpc) is 2.38. The maximum atomic E-state index is 12.2. The Kier molecular flexibility index (Phi) is 4.34. The molecule has 2 aromatic carbocycles. The molecule has 0 unspecified atom stereocenters. The molecule has 0 aliphatic rings. The minimum Gasteiger partial charge on any atom is -0.398 e. The topological polar surface area (TPSA) is 72.2 Å². The van der Waals surface area contributed by atoms with Gasteiger partial charge in [0, 0.05) is 0 Å². The fourth-order valence-electron chi connectivity index (χ4n) is 1.46. The molecule has 4 nitrogen and oxygen atoms in total. The van der Waals surface area contributed by atoms with Crippen molar-refractivity contribution < 1.29 is 8.42 Å². The van der Waals surface area contributed by atoms with Gasteiger partial charge < -0.3 is 5.73 Å². The van der Waals surface area contributed by atoms with E-state index in [-0.39, 0.29) is 25.7 Å². The van der Waals surface area contributed by atoms with Gasteiger partial charge >= 0.3 is 0 Å². The first-order valence-electron chi connectivity index (χ1n) is 5.33. The SMILES string of the molecule is Nc1ccc(S(=O)(=O)Nc2cccc(Cl)c2Cl)cc1Cl. The van der Waals surface area contributed by atoms with Crippen LogP contribution < -0.4 is 10.5 Å². The smallest absolute Gasteiger partial charge is 0.261 e. The van der Waals surface area contributed by atoms with Gasteiger partial charge in [-0.15, -0.1) is 0 Å². The second-order valence-corrected chi connectivity index (χ2v) is 6.76. The molecule has 0 fully saturated rings. The maximum Gasteiger partial charge on any atom is 0.261 e. The van der Waals surface area contributed by atoms with Crippen LogP contribution in [0.25, 0.3) is 0 Å². The van der Waals surface area contributed by atoms with E-state index in [0.29, 0.717) is 5.69 Å². The first-order valence-corrected chi connectivity index (χ1v) is 7.95. The van der Waals surface area contributed by atoms with Crippen molar-refractivity contribution in [3.05, 3.63) is 51.5 Å². The summed E-state index contributed by atoms with van der Waals surface area (Å²) < 4.78 is 26.8. The van der Waals surface area contributed by atoms with Crippen LogP contribution in [0.1, 0.15) is 0 Å². The standard InChI is InChI=1S/C12H9Cl3N2O2S/c13-8-2-1-3-11(12(8)15)17-20(18,19)7-4-5-10(16)9(14)6-7/h1-6,17H,16H2. The largest absolute Gasteiger partial charge is 0.398 e. The van der Waals surface area contributed by atoms with E-state index in [4.69, 9.17) is 40.5 Å². The van der Waals surface area contributed by atoms with Gasteiger partial charge in [-0.2, -0.15) is 0 Å². The first kappa shape index (κ1) is 15.3. The summed E-state index contributed by atoms with van der Waals surface area (Å²) in [4.78, 5) is -0.0206. The van der Waals surface area contributed by atoms with E-state index in [9.17, 15) is 8.42 Å². The summed E-state index contributed by atoms with van der Waals surface area (Å²) in [6.07, 6.45) is 0. The zero-order chi connectivity index (χ0) is 14.9. The maximum absolute atomic E-state index is 12.2. The number of rotatable bonds is 3. The van der Waals surface area contributed by atoms with Gasteiger partial charge in [0.15, 0.2) is 0 Å². The summed E-state index contributed by atoms with van der Waals surface area (Å²) in [6.45, 7) is 0. The number of nitrogen functional groups attached to an aromatic ring is 1. The molecule has 0 spiro atoms. The number of halogens is 3. The minimum absolute atomic E-state index is 0.0206. The van der Waals surface area contributed by atoms with Gasteiger partial charge in [-0.1, -0.05) is 40.9 Å². The van der Waals surface area contributed by atoms with Crippen LogP contribution >= 0.6 is 34.8 Å². The molecular weight excluding hydrogens is 343 g/mol. The average molecular weight is 352 g/mol. The van der Waals surface area contributed by atoms with Crippen molar-refractivity contribution in [2.75, 3.05) is 10.5 Å². The van der Waals surface area contributed by atoms with E-state index in [2.05, 4.69) is 4.72 Å². The van der Waals surface area contributed by atoms with Crippen molar-refractivity contribution in [3.63, 3.8) is 0 Å². The lowest BCUT2D eigenvalue weighted by molar-refractivity contribution is 0.601. The highest BCUT2D eigenvalue weighted by molar-refractivity contribution is 7.92. The number of sulfonamides is 1. The van der Waals surface area contributed by atoms with Gasteiger partial charge in [0.25, 0.3) is 10.0 Å². The molecule has 0 aromatic heterocycles. The van der Waals surface area contributed by atoms with Crippen LogP contribution in [0, 0.1) is 0 Å². The summed E-state index contributed by atoms with van der Waals surface area (Å²) >= 11 is 17.6. The second kappa shape index (κ2) is 5.69. The van der Waals surface area contributed by atoms with E-state index < -0.39 is 10.0 Å². The number of hydrogen-bond acceptors (Lipinski definition) is 3. The van der Waals surface area contributed by atoms with Crippen molar-refractivity contribution in [2.24, 2.45) is 0 Å². The lowest BCUT2D eigenvalue weighted by atomic mass is 10.3. The molecule has 0 atom stereocenters. The molecule has 0 aliphatic heterocycles. The molecule has 0 aliphatic carbocycles. The molecule has 0 heterocycles. The Morgan fingerprint density at radius 3 is 2.35 bits per heavy atom. The molecule has 0 saturated heterocycles. The summed E-state index contributed by atoms with van der Waals surface area (Å²) in [5, 5.41) is 0.534. The van der Waals surface area contributed by atoms with Gasteiger partial charge in [-0.3, -0.25) is 4.72 Å². The van der Waals surface area contributed by atoms with E-state index in [1.807, 2.05) is 0 Å². The molecule has 2 rings (SSSR count). The molecule has 8 heteroatoms. The number of nitrogens with one attached hydrogen (secondary N) is 1. The van der Waals surface area contributed by atoms with Crippen molar-refractivity contribution in [2.45, 2.75) is 4.90 Å². The Hall–Kier alpha value is -1.14. The van der Waals surface area contributed by atoms with Crippen LogP contribution in [-0.2, 0) is 10.0 Å². The molecule has 0 amide bonds. The van der Waals surface area contributed by atoms with E-state index in [0.717, 1.165) is 0 Å². The van der Waals surface area contributed by atoms with E-state index in [1.165, 1.54) is 24.3 Å². The molecule has 0 bridgehead atoms. The Morgan fingerprint density at radius 2 is 1.70 bits per heavy atom. The van der Waals surface area contributed by atoms with Gasteiger partial charge in [-0.05, 0) is 30.3 Å². The van der Waals surface area contributed by atoms with Crippen LogP contribution in [0.15, 0.2) is 41.3 Å². The predicted octanol–water partition coefficient (Wildman–Crippen LogP) is 4.03. The van der Waals surface area contributed by atoms with Crippen LogP contribution in [0.2, 0.25) is 15.1 Å². The molecule has 3 N–H and O–H groups in total. The van der Waals surface area contributed by atoms with Gasteiger partial charge in [0.05, 0.1) is 31.3 Å². The third-order valence-electron chi connectivity index (χ3n) is 2.48. The lowest BCUT2D eigenvalue weighted by Crippen LogP contribution is -2.13. The normalized spacial score (nSPS) is 11.3. The molecule has 106 valence electrons. The van der Waals surface area contributed by atoms with Gasteiger partial charge in [0.2, 0.25) is 0 Å². The van der Waals surface area contributed by atoms with Crippen molar-refractivity contribution in [1.29, 1.82) is 0 Å². The summed E-state index contributed by atoms with van der Waals surface area (Å²) in [6, 6.07) is 8.67. The molecular formula is C12H9Cl3N2O2S. The number of hydrogen-bond donors (Lipinski definition) is 2. The third-order valence-corrected chi connectivity index (χ3v) is 4.99. The van der Waals surface area contributed by atoms with Crippen LogP contribution in [0.5, 0.6) is 0 Å². The minimum atomic E-state index is -3.82. The highest BCUT2D eigenvalue weighted by Crippen LogP contribution is 2.31. The van der Waals surface area contributed by atoms with E-state index in [1.54, 1.807) is 12.1 Å². The Morgan fingerprint density at radius 1 is 1.00 bits per heavy atom. The fraction of sp³-hybridized carbons (Fsp3) is 0. The van der Waals surface area contributed by atoms with Crippen molar-refractivity contribution >= 4 is 56.2 Å². The molecule has 2 aromatic rings. The Balaban J connectivity index is 2.41. The predicted molar refractivity (Wildman–Crippen MR) is 83.1 cm³/mol. The lowest BCUT2D eigenvalue weighted by Gasteiger charge is -2.11. The summed E-state index contributed by atoms with van der Waals surface area (Å²) in [5.74, 6) is 0. The number of anilines is 2. The van der Waals surface area contributed by atoms with Crippen LogP contribution in [0.4, 0.5) is 11.4 Å². The van der Waals surface area contributed by atoms with Crippen LogP contribution in [0.3, 0.4) is 0 Å². The highest BCUT2D eigenvalue weighted by atomic mass is 35.5. The zero-order valence-electron chi connectivity index (χ0n) is 9.90. The highest BCUT2D eigenvalue weighted by Gasteiger charge is 2.17. The molecule has 0 saturated carbocycles. The Labute approximate surface area is 131 Å². The van der Waals surface area contributed by atoms with Gasteiger partial charge in [-0.25, -0.2) is 8.42 Å². The fourth-order valence-corrected chi connectivity index (χ4v) is 3.21. The molecule has 0 radical (unpaired) electrons. The van der Waals surface area contributed by atoms with Crippen molar-refractivity contribution in [1.82, 2.24) is 0 Å². The van der Waals surface area contributed by atoms with Crippen LogP contribution in [-0.4, -0.2) is 8.42 Å². The zero-order valence-corrected chi connectivity index (χ0v) is 13.0. The molecule has 20 heavy (non-hydrogen) atoms. The number of nitrogens with two attached hydrogens (primary N) is 1. The van der Waals surface area contributed by atoms with E-state index >= 15 is 0 Å². The Bertz CT molecular complexity index is 763. The quantitative estimate of drug-likeness (QED) is 0.820. The van der Waals surface area contributed by atoms with Gasteiger partial charge in [0.1, 0.15) is 0 Å². The van der Waals surface area contributed by atoms with Crippen molar-refractivity contribution in [3.8, 4) is 0 Å². The third kappa shape index (κ3) is 3.12. The second-order valence-electron chi connectivity index (χ2n) is 3.89. The monoisotopic (exact) mass is 350 g/mol.